The summed E-state index contributed by atoms with van der Waals surface area (Å²) in [6.45, 7) is 4.47. The molecule has 0 atom stereocenters. The van der Waals surface area contributed by atoms with Crippen molar-refractivity contribution in [2.75, 3.05) is 0 Å². The van der Waals surface area contributed by atoms with Crippen LogP contribution in [-0.2, 0) is 0 Å². The van der Waals surface area contributed by atoms with Gasteiger partial charge in [0.25, 0.3) is 0 Å². The Morgan fingerprint density at radius 2 is 1.73 bits per heavy atom. The Balaban J connectivity index is 1.77. The number of hydrogen-bond acceptors (Lipinski definition) is 1. The standard InChI is InChI=1S/C28H36O2/c1-3-5-6-7-9-22-12-19-26(28(29)30)27(20-22)25-17-15-24(16-18-25)23-13-10-21(8-4-2)11-14-23/h7,9,12,15-21,23H,3-6,8,10-11,13-14H2,1-2H3,(H,29,30)/b9-7+. The van der Waals surface area contributed by atoms with Gasteiger partial charge in [-0.25, -0.2) is 4.79 Å². The van der Waals surface area contributed by atoms with Crippen LogP contribution < -0.4 is 0 Å². The third-order valence-electron chi connectivity index (χ3n) is 6.55. The largest absolute Gasteiger partial charge is 0.478 e. The highest BCUT2D eigenvalue weighted by molar-refractivity contribution is 5.96. The summed E-state index contributed by atoms with van der Waals surface area (Å²) < 4.78 is 0. The summed E-state index contributed by atoms with van der Waals surface area (Å²) in [5.41, 5.74) is 4.62. The van der Waals surface area contributed by atoms with Crippen molar-refractivity contribution in [3.63, 3.8) is 0 Å². The van der Waals surface area contributed by atoms with Crippen molar-refractivity contribution in [3.05, 3.63) is 65.2 Å². The zero-order valence-electron chi connectivity index (χ0n) is 18.6. The highest BCUT2D eigenvalue weighted by Crippen LogP contribution is 2.38. The molecule has 1 aliphatic carbocycles. The van der Waals surface area contributed by atoms with Crippen LogP contribution in [0.4, 0.5) is 0 Å². The molecule has 2 nitrogen and oxygen atoms in total. The molecule has 0 aromatic heterocycles. The van der Waals surface area contributed by atoms with Crippen molar-refractivity contribution < 1.29 is 9.90 Å². The second kappa shape index (κ2) is 11.2. The molecular formula is C28H36O2. The molecule has 3 rings (SSSR count). The summed E-state index contributed by atoms with van der Waals surface area (Å²) in [7, 11) is 0. The first-order valence-electron chi connectivity index (χ1n) is 11.8. The van der Waals surface area contributed by atoms with Gasteiger partial charge in [0.05, 0.1) is 5.56 Å². The van der Waals surface area contributed by atoms with E-state index in [0.717, 1.165) is 29.0 Å². The number of rotatable bonds is 9. The van der Waals surface area contributed by atoms with E-state index < -0.39 is 5.97 Å². The van der Waals surface area contributed by atoms with E-state index in [1.165, 1.54) is 56.9 Å². The normalized spacial score (nSPS) is 19.3. The second-order valence-corrected chi connectivity index (χ2v) is 8.78. The van der Waals surface area contributed by atoms with Gasteiger partial charge in [-0.15, -0.1) is 0 Å². The smallest absolute Gasteiger partial charge is 0.336 e. The molecule has 2 aromatic rings. The van der Waals surface area contributed by atoms with Crippen LogP contribution in [0, 0.1) is 5.92 Å². The summed E-state index contributed by atoms with van der Waals surface area (Å²) in [5.74, 6) is 0.695. The van der Waals surface area contributed by atoms with Crippen molar-refractivity contribution >= 4 is 12.0 Å². The van der Waals surface area contributed by atoms with Gasteiger partial charge in [0.15, 0.2) is 0 Å². The minimum absolute atomic E-state index is 0.369. The molecular weight excluding hydrogens is 368 g/mol. The summed E-state index contributed by atoms with van der Waals surface area (Å²) in [5, 5.41) is 9.67. The van der Waals surface area contributed by atoms with Crippen molar-refractivity contribution in [1.29, 1.82) is 0 Å². The average molecular weight is 405 g/mol. The third kappa shape index (κ3) is 5.84. The molecule has 0 heterocycles. The molecule has 0 spiro atoms. The highest BCUT2D eigenvalue weighted by atomic mass is 16.4. The highest BCUT2D eigenvalue weighted by Gasteiger charge is 2.22. The van der Waals surface area contributed by atoms with Crippen molar-refractivity contribution in [2.24, 2.45) is 5.92 Å². The van der Waals surface area contributed by atoms with Gasteiger partial charge < -0.3 is 5.11 Å². The lowest BCUT2D eigenvalue weighted by molar-refractivity contribution is 0.0697. The molecule has 1 fully saturated rings. The van der Waals surface area contributed by atoms with Gasteiger partial charge in [-0.3, -0.25) is 0 Å². The molecule has 0 amide bonds. The summed E-state index contributed by atoms with van der Waals surface area (Å²) in [4.78, 5) is 11.8. The number of benzene rings is 2. The number of aromatic carboxylic acids is 1. The SMILES string of the molecule is CCCC/C=C/c1ccc(C(=O)O)c(-c2ccc(C3CCC(CCC)CC3)cc2)c1. The first kappa shape index (κ1) is 22.3. The Hall–Kier alpha value is -2.35. The summed E-state index contributed by atoms with van der Waals surface area (Å²) >= 11 is 0. The monoisotopic (exact) mass is 404 g/mol. The number of unbranched alkanes of at least 4 members (excludes halogenated alkanes) is 2. The van der Waals surface area contributed by atoms with E-state index in [4.69, 9.17) is 0 Å². The number of carboxylic acid groups (broad SMARTS) is 1. The van der Waals surface area contributed by atoms with Crippen LogP contribution in [0.2, 0.25) is 0 Å². The predicted molar refractivity (Wildman–Crippen MR) is 127 cm³/mol. The summed E-state index contributed by atoms with van der Waals surface area (Å²) in [6, 6.07) is 14.3. The number of allylic oxidation sites excluding steroid dienone is 1. The van der Waals surface area contributed by atoms with Crippen molar-refractivity contribution in [2.45, 2.75) is 77.6 Å². The quantitative estimate of drug-likeness (QED) is 0.426. The van der Waals surface area contributed by atoms with Gasteiger partial charge >= 0.3 is 5.97 Å². The Morgan fingerprint density at radius 3 is 2.37 bits per heavy atom. The molecule has 0 bridgehead atoms. The number of carboxylic acids is 1. The molecule has 1 N–H and O–H groups in total. The van der Waals surface area contributed by atoms with Crippen LogP contribution in [0.3, 0.4) is 0 Å². The molecule has 2 aromatic carbocycles. The zero-order chi connectivity index (χ0) is 21.3. The molecule has 160 valence electrons. The first-order valence-corrected chi connectivity index (χ1v) is 11.8. The van der Waals surface area contributed by atoms with Crippen molar-refractivity contribution in [1.82, 2.24) is 0 Å². The van der Waals surface area contributed by atoms with E-state index in [9.17, 15) is 9.90 Å². The Labute approximate surface area is 182 Å². The lowest BCUT2D eigenvalue weighted by atomic mass is 9.77. The summed E-state index contributed by atoms with van der Waals surface area (Å²) in [6.07, 6.45) is 15.6. The Bertz CT molecular complexity index is 839. The molecule has 0 unspecified atom stereocenters. The van der Waals surface area contributed by atoms with E-state index in [1.54, 1.807) is 6.07 Å². The second-order valence-electron chi connectivity index (χ2n) is 8.78. The lowest BCUT2D eigenvalue weighted by Crippen LogP contribution is -2.13. The van der Waals surface area contributed by atoms with Crippen LogP contribution in [0.15, 0.2) is 48.5 Å². The number of hydrogen-bond donors (Lipinski definition) is 1. The van der Waals surface area contributed by atoms with E-state index in [-0.39, 0.29) is 0 Å². The minimum atomic E-state index is -0.871. The molecule has 0 saturated heterocycles. The maximum atomic E-state index is 11.8. The van der Waals surface area contributed by atoms with Gasteiger partial charge in [-0.2, -0.15) is 0 Å². The molecule has 2 heteroatoms. The van der Waals surface area contributed by atoms with Crippen LogP contribution in [0.25, 0.3) is 17.2 Å². The molecule has 1 saturated carbocycles. The third-order valence-corrected chi connectivity index (χ3v) is 6.55. The van der Waals surface area contributed by atoms with Gasteiger partial charge in [-0.1, -0.05) is 82.0 Å². The van der Waals surface area contributed by atoms with Gasteiger partial charge in [-0.05, 0) is 78.3 Å². The fourth-order valence-electron chi connectivity index (χ4n) is 4.76. The van der Waals surface area contributed by atoms with Crippen LogP contribution in [-0.4, -0.2) is 11.1 Å². The van der Waals surface area contributed by atoms with E-state index in [1.807, 2.05) is 12.1 Å². The molecule has 0 radical (unpaired) electrons. The van der Waals surface area contributed by atoms with Gasteiger partial charge in [0.1, 0.15) is 0 Å². The van der Waals surface area contributed by atoms with E-state index >= 15 is 0 Å². The predicted octanol–water partition coefficient (Wildman–Crippen LogP) is 8.33. The fraction of sp³-hybridized carbons (Fsp3) is 0.464. The first-order chi connectivity index (χ1) is 14.6. The molecule has 0 aliphatic heterocycles. The maximum absolute atomic E-state index is 11.8. The van der Waals surface area contributed by atoms with Crippen LogP contribution >= 0.6 is 0 Å². The van der Waals surface area contributed by atoms with Gasteiger partial charge in [0.2, 0.25) is 0 Å². The zero-order valence-corrected chi connectivity index (χ0v) is 18.6. The molecule has 30 heavy (non-hydrogen) atoms. The Kier molecular flexibility index (Phi) is 8.30. The topological polar surface area (TPSA) is 37.3 Å². The molecule has 1 aliphatic rings. The van der Waals surface area contributed by atoms with E-state index in [2.05, 4.69) is 50.3 Å². The Morgan fingerprint density at radius 1 is 1.00 bits per heavy atom. The minimum Gasteiger partial charge on any atom is -0.478 e. The van der Waals surface area contributed by atoms with Crippen LogP contribution in [0.5, 0.6) is 0 Å². The van der Waals surface area contributed by atoms with Crippen molar-refractivity contribution in [3.8, 4) is 11.1 Å². The fourth-order valence-corrected chi connectivity index (χ4v) is 4.76. The van der Waals surface area contributed by atoms with E-state index in [0.29, 0.717) is 11.5 Å². The van der Waals surface area contributed by atoms with Gasteiger partial charge in [0, 0.05) is 0 Å². The maximum Gasteiger partial charge on any atom is 0.336 e. The van der Waals surface area contributed by atoms with Crippen LogP contribution in [0.1, 0.15) is 99.0 Å². The number of carbonyl (C=O) groups is 1. The average Bonchev–Trinajstić information content (AvgIpc) is 2.77. The lowest BCUT2D eigenvalue weighted by Gasteiger charge is -2.28.